The van der Waals surface area contributed by atoms with E-state index in [0.717, 1.165) is 26.1 Å². The number of piperidine rings is 1. The number of rotatable bonds is 4. The highest BCUT2D eigenvalue weighted by Gasteiger charge is 2.24. The van der Waals surface area contributed by atoms with Gasteiger partial charge in [-0.3, -0.25) is 9.69 Å². The van der Waals surface area contributed by atoms with E-state index < -0.39 is 5.60 Å². The zero-order valence-corrected chi connectivity index (χ0v) is 14.1. The maximum Gasteiger partial charge on any atom is 0.320 e. The van der Waals surface area contributed by atoms with Gasteiger partial charge in [-0.15, -0.1) is 0 Å². The maximum absolute atomic E-state index is 11.9. The first-order chi connectivity index (χ1) is 9.05. The smallest absolute Gasteiger partial charge is 0.320 e. The molecule has 0 aromatic heterocycles. The number of hydrogen-bond donors (Lipinski definition) is 1. The standard InChI is InChI=1S/C16H32N2O2/c1-15(2,3)12-17-13-8-7-9-18(10-13)11-14(19)20-16(4,5)6/h13,17H,7-12H2,1-6H3. The average Bonchev–Trinajstić information content (AvgIpc) is 2.23. The Labute approximate surface area is 124 Å². The van der Waals surface area contributed by atoms with Crippen LogP contribution in [-0.4, -0.2) is 48.7 Å². The molecule has 118 valence electrons. The van der Waals surface area contributed by atoms with E-state index in [9.17, 15) is 4.79 Å². The van der Waals surface area contributed by atoms with Crippen molar-refractivity contribution < 1.29 is 9.53 Å². The third kappa shape index (κ3) is 7.85. The van der Waals surface area contributed by atoms with Crippen molar-refractivity contribution in [2.24, 2.45) is 5.41 Å². The Morgan fingerprint density at radius 1 is 1.25 bits per heavy atom. The molecule has 0 saturated carbocycles. The topological polar surface area (TPSA) is 41.6 Å². The van der Waals surface area contributed by atoms with Crippen molar-refractivity contribution in [1.29, 1.82) is 0 Å². The lowest BCUT2D eigenvalue weighted by atomic mass is 9.95. The normalized spacial score (nSPS) is 21.8. The molecule has 1 aliphatic rings. The summed E-state index contributed by atoms with van der Waals surface area (Å²) in [4.78, 5) is 14.1. The van der Waals surface area contributed by atoms with Crippen molar-refractivity contribution in [3.05, 3.63) is 0 Å². The van der Waals surface area contributed by atoms with Crippen molar-refractivity contribution >= 4 is 5.97 Å². The minimum absolute atomic E-state index is 0.117. The predicted molar refractivity (Wildman–Crippen MR) is 82.8 cm³/mol. The molecule has 1 aliphatic heterocycles. The van der Waals surface area contributed by atoms with Gasteiger partial charge < -0.3 is 10.1 Å². The van der Waals surface area contributed by atoms with E-state index >= 15 is 0 Å². The Bertz CT molecular complexity index is 315. The molecule has 1 fully saturated rings. The van der Waals surface area contributed by atoms with Crippen LogP contribution in [0.15, 0.2) is 0 Å². The average molecular weight is 284 g/mol. The van der Waals surface area contributed by atoms with Gasteiger partial charge in [0.1, 0.15) is 5.60 Å². The molecule has 0 aromatic rings. The van der Waals surface area contributed by atoms with Crippen LogP contribution in [0.25, 0.3) is 0 Å². The first-order valence-corrected chi connectivity index (χ1v) is 7.73. The molecule has 4 heteroatoms. The molecule has 20 heavy (non-hydrogen) atoms. The lowest BCUT2D eigenvalue weighted by molar-refractivity contribution is -0.156. The van der Waals surface area contributed by atoms with Crippen LogP contribution in [0, 0.1) is 5.41 Å². The molecule has 1 atom stereocenters. The minimum atomic E-state index is -0.392. The molecule has 4 nitrogen and oxygen atoms in total. The second-order valence-corrected chi connectivity index (χ2v) is 8.10. The molecule has 0 radical (unpaired) electrons. The van der Waals surface area contributed by atoms with Crippen LogP contribution in [-0.2, 0) is 9.53 Å². The van der Waals surface area contributed by atoms with E-state index in [2.05, 4.69) is 31.0 Å². The highest BCUT2D eigenvalue weighted by atomic mass is 16.6. The van der Waals surface area contributed by atoms with E-state index in [-0.39, 0.29) is 5.97 Å². The quantitative estimate of drug-likeness (QED) is 0.805. The fraction of sp³-hybridized carbons (Fsp3) is 0.938. The Balaban J connectivity index is 2.35. The van der Waals surface area contributed by atoms with Gasteiger partial charge in [-0.25, -0.2) is 0 Å². The lowest BCUT2D eigenvalue weighted by Crippen LogP contribution is -2.49. The number of likely N-dealkylation sites (tertiary alicyclic amines) is 1. The van der Waals surface area contributed by atoms with Crippen LogP contribution in [0.5, 0.6) is 0 Å². The summed E-state index contributed by atoms with van der Waals surface area (Å²) in [5.74, 6) is -0.117. The summed E-state index contributed by atoms with van der Waals surface area (Å²) in [6, 6.07) is 0.491. The Morgan fingerprint density at radius 3 is 2.45 bits per heavy atom. The number of carbonyl (C=O) groups excluding carboxylic acids is 1. The SMILES string of the molecule is CC(C)(C)CNC1CCCN(CC(=O)OC(C)(C)C)C1. The van der Waals surface area contributed by atoms with Crippen LogP contribution >= 0.6 is 0 Å². The number of esters is 1. The largest absolute Gasteiger partial charge is 0.459 e. The zero-order valence-electron chi connectivity index (χ0n) is 14.1. The van der Waals surface area contributed by atoms with Gasteiger partial charge in [0.25, 0.3) is 0 Å². The van der Waals surface area contributed by atoms with Crippen molar-refractivity contribution in [2.75, 3.05) is 26.2 Å². The van der Waals surface area contributed by atoms with Gasteiger partial charge in [0.15, 0.2) is 0 Å². The molecule has 0 aliphatic carbocycles. The molecular formula is C16H32N2O2. The van der Waals surface area contributed by atoms with Crippen molar-refractivity contribution in [3.8, 4) is 0 Å². The molecule has 1 unspecified atom stereocenters. The zero-order chi connectivity index (χ0) is 15.4. The van der Waals surface area contributed by atoms with E-state index in [0.29, 0.717) is 18.0 Å². The van der Waals surface area contributed by atoms with E-state index in [1.165, 1.54) is 6.42 Å². The van der Waals surface area contributed by atoms with Gasteiger partial charge >= 0.3 is 5.97 Å². The fourth-order valence-electron chi connectivity index (χ4n) is 2.37. The fourth-order valence-corrected chi connectivity index (χ4v) is 2.37. The van der Waals surface area contributed by atoms with Crippen molar-refractivity contribution in [2.45, 2.75) is 66.0 Å². The third-order valence-electron chi connectivity index (χ3n) is 3.20. The Kier molecular flexibility index (Phi) is 6.02. The summed E-state index contributed by atoms with van der Waals surface area (Å²) in [6.07, 6.45) is 2.34. The summed E-state index contributed by atoms with van der Waals surface area (Å²) in [6.45, 7) is 15.8. The van der Waals surface area contributed by atoms with Crippen LogP contribution in [0.1, 0.15) is 54.4 Å². The highest BCUT2D eigenvalue weighted by Crippen LogP contribution is 2.15. The molecular weight excluding hydrogens is 252 g/mol. The van der Waals surface area contributed by atoms with Crippen molar-refractivity contribution in [3.63, 3.8) is 0 Å². The first-order valence-electron chi connectivity index (χ1n) is 7.73. The Hall–Kier alpha value is -0.610. The van der Waals surface area contributed by atoms with E-state index in [4.69, 9.17) is 4.74 Å². The monoisotopic (exact) mass is 284 g/mol. The first kappa shape index (κ1) is 17.4. The third-order valence-corrected chi connectivity index (χ3v) is 3.20. The molecule has 0 bridgehead atoms. The van der Waals surface area contributed by atoms with Gasteiger partial charge in [0.05, 0.1) is 6.54 Å². The van der Waals surface area contributed by atoms with Gasteiger partial charge in [0, 0.05) is 19.1 Å². The molecule has 0 amide bonds. The minimum Gasteiger partial charge on any atom is -0.459 e. The predicted octanol–water partition coefficient (Wildman–Crippen LogP) is 2.43. The van der Waals surface area contributed by atoms with Gasteiger partial charge in [0.2, 0.25) is 0 Å². The van der Waals surface area contributed by atoms with Gasteiger partial charge in [-0.1, -0.05) is 20.8 Å². The summed E-state index contributed by atoms with van der Waals surface area (Å²) >= 11 is 0. The van der Waals surface area contributed by atoms with E-state index in [1.807, 2.05) is 20.8 Å². The summed E-state index contributed by atoms with van der Waals surface area (Å²) in [7, 11) is 0. The maximum atomic E-state index is 11.9. The number of ether oxygens (including phenoxy) is 1. The lowest BCUT2D eigenvalue weighted by Gasteiger charge is -2.34. The van der Waals surface area contributed by atoms with E-state index in [1.54, 1.807) is 0 Å². The number of nitrogens with one attached hydrogen (secondary N) is 1. The molecule has 1 heterocycles. The highest BCUT2D eigenvalue weighted by molar-refractivity contribution is 5.72. The second-order valence-electron chi connectivity index (χ2n) is 8.10. The van der Waals surface area contributed by atoms with Crippen LogP contribution in [0.2, 0.25) is 0 Å². The van der Waals surface area contributed by atoms with Crippen LogP contribution < -0.4 is 5.32 Å². The Morgan fingerprint density at radius 2 is 1.90 bits per heavy atom. The number of carbonyl (C=O) groups is 1. The molecule has 0 spiro atoms. The van der Waals surface area contributed by atoms with Gasteiger partial charge in [-0.05, 0) is 45.6 Å². The van der Waals surface area contributed by atoms with Crippen LogP contribution in [0.4, 0.5) is 0 Å². The summed E-state index contributed by atoms with van der Waals surface area (Å²) < 4.78 is 5.39. The summed E-state index contributed by atoms with van der Waals surface area (Å²) in [5.41, 5.74) is -0.0931. The second kappa shape index (κ2) is 6.90. The molecule has 1 N–H and O–H groups in total. The molecule has 0 aromatic carbocycles. The van der Waals surface area contributed by atoms with Gasteiger partial charge in [-0.2, -0.15) is 0 Å². The van der Waals surface area contributed by atoms with Crippen LogP contribution in [0.3, 0.4) is 0 Å². The number of nitrogens with zero attached hydrogens (tertiary/aromatic N) is 1. The number of hydrogen-bond acceptors (Lipinski definition) is 4. The summed E-state index contributed by atoms with van der Waals surface area (Å²) in [5, 5.41) is 3.62. The van der Waals surface area contributed by atoms with Crippen molar-refractivity contribution in [1.82, 2.24) is 10.2 Å². The molecule has 1 rings (SSSR count). The molecule has 1 saturated heterocycles.